The quantitative estimate of drug-likeness (QED) is 0.695. The molecule has 0 atom stereocenters. The number of alkyl halides is 2. The minimum atomic E-state index is -4.12. The molecule has 0 bridgehead atoms. The van der Waals surface area contributed by atoms with Gasteiger partial charge in [-0.2, -0.15) is 13.1 Å². The van der Waals surface area contributed by atoms with Gasteiger partial charge in [0.25, 0.3) is 0 Å². The number of amides is 1. The van der Waals surface area contributed by atoms with Crippen molar-refractivity contribution in [3.63, 3.8) is 0 Å². The van der Waals surface area contributed by atoms with Gasteiger partial charge in [-0.15, -0.1) is 0 Å². The van der Waals surface area contributed by atoms with E-state index in [2.05, 4.69) is 9.72 Å². The second-order valence-corrected chi connectivity index (χ2v) is 9.74. The Morgan fingerprint density at radius 3 is 2.35 bits per heavy atom. The lowest BCUT2D eigenvalue weighted by atomic mass is 10.1. The zero-order valence-corrected chi connectivity index (χ0v) is 18.0. The topological polar surface area (TPSA) is 89.0 Å². The number of hydrogen-bond donors (Lipinski definition) is 0. The summed E-state index contributed by atoms with van der Waals surface area (Å²) in [6.45, 7) is 2.13. The van der Waals surface area contributed by atoms with E-state index in [4.69, 9.17) is 4.74 Å². The van der Waals surface area contributed by atoms with Crippen molar-refractivity contribution in [2.75, 3.05) is 26.2 Å². The number of sulfonamides is 1. The lowest BCUT2D eigenvalue weighted by Gasteiger charge is -2.35. The van der Waals surface area contributed by atoms with Crippen LogP contribution < -0.4 is 4.74 Å². The molecule has 3 rings (SSSR count). The highest BCUT2D eigenvalue weighted by molar-refractivity contribution is 7.89. The van der Waals surface area contributed by atoms with E-state index < -0.39 is 45.4 Å². The minimum Gasteiger partial charge on any atom is -0.444 e. The Morgan fingerprint density at radius 2 is 1.77 bits per heavy atom. The van der Waals surface area contributed by atoms with Crippen LogP contribution in [-0.2, 0) is 14.8 Å². The summed E-state index contributed by atoms with van der Waals surface area (Å²) in [6, 6.07) is 3.16. The van der Waals surface area contributed by atoms with E-state index >= 15 is 0 Å². The maximum Gasteiger partial charge on any atom is 0.410 e. The molecule has 2 heterocycles. The fourth-order valence-electron chi connectivity index (χ4n) is 3.18. The normalized spacial score (nSPS) is 16.0. The Morgan fingerprint density at radius 1 is 1.13 bits per heavy atom. The van der Waals surface area contributed by atoms with Crippen LogP contribution in [0.4, 0.5) is 18.0 Å². The van der Waals surface area contributed by atoms with Gasteiger partial charge >= 0.3 is 12.7 Å². The molecule has 8 nitrogen and oxygen atoms in total. The second kappa shape index (κ2) is 8.50. The van der Waals surface area contributed by atoms with Gasteiger partial charge in [0.15, 0.2) is 0 Å². The number of carbonyl (C=O) groups excluding carboxylic acids is 1. The number of benzene rings is 1. The van der Waals surface area contributed by atoms with E-state index in [1.165, 1.54) is 11.0 Å². The van der Waals surface area contributed by atoms with E-state index in [1.807, 2.05) is 0 Å². The van der Waals surface area contributed by atoms with Crippen molar-refractivity contribution in [1.29, 1.82) is 0 Å². The Hall–Kier alpha value is -2.60. The molecule has 0 saturated carbocycles. The van der Waals surface area contributed by atoms with Crippen molar-refractivity contribution < 1.29 is 35.9 Å². The lowest BCUT2D eigenvalue weighted by molar-refractivity contribution is -0.0518. The van der Waals surface area contributed by atoms with Crippen LogP contribution in [0, 0.1) is 5.82 Å². The Kier molecular flexibility index (Phi) is 6.33. The number of ether oxygens (including phenoxy) is 2. The van der Waals surface area contributed by atoms with Crippen molar-refractivity contribution >= 4 is 26.9 Å². The third kappa shape index (κ3) is 5.01. The van der Waals surface area contributed by atoms with Gasteiger partial charge in [-0.25, -0.2) is 22.6 Å². The van der Waals surface area contributed by atoms with E-state index in [1.54, 1.807) is 20.8 Å². The lowest BCUT2D eigenvalue weighted by Crippen LogP contribution is -2.51. The van der Waals surface area contributed by atoms with Crippen LogP contribution in [0.5, 0.6) is 5.88 Å². The van der Waals surface area contributed by atoms with Crippen molar-refractivity contribution in [3.8, 4) is 5.88 Å². The SMILES string of the molecule is CC(C)(C)OC(=O)N1CCN(S(=O)(=O)c2ccc(F)c3c(OC(F)F)nccc23)CC1. The van der Waals surface area contributed by atoms with E-state index in [0.717, 1.165) is 22.6 Å². The first-order valence-electron chi connectivity index (χ1n) is 9.40. The van der Waals surface area contributed by atoms with Crippen LogP contribution in [0.15, 0.2) is 29.3 Å². The van der Waals surface area contributed by atoms with Crippen LogP contribution in [0.1, 0.15) is 20.8 Å². The average molecular weight is 461 g/mol. The summed E-state index contributed by atoms with van der Waals surface area (Å²) in [5.74, 6) is -1.63. The summed E-state index contributed by atoms with van der Waals surface area (Å²) >= 11 is 0. The number of piperazine rings is 1. The average Bonchev–Trinajstić information content (AvgIpc) is 2.66. The van der Waals surface area contributed by atoms with E-state index in [0.29, 0.717) is 0 Å². The summed E-state index contributed by atoms with van der Waals surface area (Å²) < 4.78 is 76.8. The molecule has 0 radical (unpaired) electrons. The van der Waals surface area contributed by atoms with Crippen molar-refractivity contribution in [1.82, 2.24) is 14.2 Å². The molecule has 1 fully saturated rings. The molecule has 1 amide bonds. The molecule has 1 aliphatic rings. The van der Waals surface area contributed by atoms with Gasteiger partial charge in [0.1, 0.15) is 11.4 Å². The molecule has 1 aliphatic heterocycles. The molecular weight excluding hydrogens is 439 g/mol. The van der Waals surface area contributed by atoms with Crippen LogP contribution in [-0.4, -0.2) is 67.1 Å². The molecule has 0 spiro atoms. The highest BCUT2D eigenvalue weighted by Gasteiger charge is 2.33. The number of hydrogen-bond acceptors (Lipinski definition) is 6. The molecule has 170 valence electrons. The number of halogens is 3. The number of fused-ring (bicyclic) bond motifs is 1. The smallest absolute Gasteiger partial charge is 0.410 e. The molecule has 1 aromatic carbocycles. The first-order valence-corrected chi connectivity index (χ1v) is 10.8. The summed E-state index contributed by atoms with van der Waals surface area (Å²) in [7, 11) is -4.12. The van der Waals surface area contributed by atoms with Gasteiger partial charge in [-0.1, -0.05) is 0 Å². The monoisotopic (exact) mass is 461 g/mol. The molecule has 1 aromatic heterocycles. The van der Waals surface area contributed by atoms with E-state index in [9.17, 15) is 26.4 Å². The summed E-state index contributed by atoms with van der Waals surface area (Å²) in [4.78, 5) is 16.9. The van der Waals surface area contributed by atoms with E-state index in [-0.39, 0.29) is 36.5 Å². The zero-order chi connectivity index (χ0) is 23.0. The van der Waals surface area contributed by atoms with Crippen molar-refractivity contribution in [2.24, 2.45) is 0 Å². The highest BCUT2D eigenvalue weighted by Crippen LogP contribution is 2.33. The Bertz CT molecular complexity index is 1080. The molecule has 31 heavy (non-hydrogen) atoms. The molecule has 2 aromatic rings. The third-order valence-corrected chi connectivity index (χ3v) is 6.47. The fraction of sp³-hybridized carbons (Fsp3) is 0.474. The van der Waals surface area contributed by atoms with Crippen LogP contribution in [0.2, 0.25) is 0 Å². The van der Waals surface area contributed by atoms with Crippen molar-refractivity contribution in [3.05, 3.63) is 30.2 Å². The molecule has 0 aliphatic carbocycles. The van der Waals surface area contributed by atoms with Crippen LogP contribution in [0.25, 0.3) is 10.8 Å². The fourth-order valence-corrected chi connectivity index (χ4v) is 4.79. The maximum atomic E-state index is 14.4. The van der Waals surface area contributed by atoms with Gasteiger partial charge in [0.2, 0.25) is 15.9 Å². The zero-order valence-electron chi connectivity index (χ0n) is 17.1. The molecule has 0 unspecified atom stereocenters. The summed E-state index contributed by atoms with van der Waals surface area (Å²) in [5, 5.41) is -0.573. The molecule has 0 N–H and O–H groups in total. The number of carbonyl (C=O) groups is 1. The molecule has 12 heteroatoms. The maximum absolute atomic E-state index is 14.4. The second-order valence-electron chi connectivity index (χ2n) is 7.83. The number of pyridine rings is 1. The third-order valence-electron chi connectivity index (χ3n) is 4.51. The van der Waals surface area contributed by atoms with Gasteiger partial charge < -0.3 is 14.4 Å². The number of aromatic nitrogens is 1. The predicted octanol–water partition coefficient (Wildman–Crippen LogP) is 3.22. The summed E-state index contributed by atoms with van der Waals surface area (Å²) in [6.07, 6.45) is 0.524. The first kappa shape index (κ1) is 23.1. The summed E-state index contributed by atoms with van der Waals surface area (Å²) in [5.41, 5.74) is -0.681. The van der Waals surface area contributed by atoms with Gasteiger partial charge in [0, 0.05) is 37.8 Å². The van der Waals surface area contributed by atoms with Gasteiger partial charge in [-0.05, 0) is 39.0 Å². The minimum absolute atomic E-state index is 0.00802. The van der Waals surface area contributed by atoms with Gasteiger partial charge in [-0.3, -0.25) is 0 Å². The standard InChI is InChI=1S/C19H22F3N3O5S/c1-19(2,3)30-18(26)24-8-10-25(11-9-24)31(27,28)14-5-4-13(20)15-12(14)6-7-23-16(15)29-17(21)22/h4-7,17H,8-11H2,1-3H3. The number of nitrogens with zero attached hydrogens (tertiary/aromatic N) is 3. The van der Waals surface area contributed by atoms with Crippen LogP contribution >= 0.6 is 0 Å². The predicted molar refractivity (Wildman–Crippen MR) is 105 cm³/mol. The highest BCUT2D eigenvalue weighted by atomic mass is 32.2. The Labute approximate surface area is 177 Å². The van der Waals surface area contributed by atoms with Gasteiger partial charge in [0.05, 0.1) is 10.3 Å². The van der Waals surface area contributed by atoms with Crippen LogP contribution in [0.3, 0.4) is 0 Å². The number of rotatable bonds is 4. The Balaban J connectivity index is 1.88. The molecule has 1 saturated heterocycles. The first-order chi connectivity index (χ1) is 14.4. The van der Waals surface area contributed by atoms with Crippen molar-refractivity contribution in [2.45, 2.75) is 37.9 Å². The largest absolute Gasteiger partial charge is 0.444 e. The molecular formula is C19H22F3N3O5S.